The normalized spacial score (nSPS) is 16.3. The molecule has 0 aromatic heterocycles. The van der Waals surface area contributed by atoms with Crippen LogP contribution in [0, 0.1) is 0 Å². The molecule has 1 aliphatic rings. The summed E-state index contributed by atoms with van der Waals surface area (Å²) in [5.41, 5.74) is 2.60. The average molecular weight is 303 g/mol. The summed E-state index contributed by atoms with van der Waals surface area (Å²) in [6, 6.07) is 8.62. The van der Waals surface area contributed by atoms with Crippen molar-refractivity contribution in [1.82, 2.24) is 4.90 Å². The Morgan fingerprint density at radius 3 is 2.32 bits per heavy atom. The van der Waals surface area contributed by atoms with Crippen LogP contribution in [0.1, 0.15) is 51.2 Å². The highest BCUT2D eigenvalue weighted by Gasteiger charge is 2.23. The number of carbonyl (C=O) groups excluding carboxylic acids is 1. The lowest BCUT2D eigenvalue weighted by molar-refractivity contribution is -0.134. The van der Waals surface area contributed by atoms with E-state index in [0.29, 0.717) is 12.5 Å². The molecule has 2 rings (SSSR count). The van der Waals surface area contributed by atoms with Gasteiger partial charge < -0.3 is 9.64 Å². The van der Waals surface area contributed by atoms with Crippen LogP contribution in [0.4, 0.5) is 0 Å². The van der Waals surface area contributed by atoms with Gasteiger partial charge in [-0.15, -0.1) is 0 Å². The topological polar surface area (TPSA) is 29.5 Å². The number of amides is 1. The van der Waals surface area contributed by atoms with Crippen molar-refractivity contribution in [3.63, 3.8) is 0 Å². The standard InChI is InChI=1S/C19H29NO2/c1-4-16-5-7-17(8-6-16)9-10-19(21)20-13-11-18(12-14-20)22-15(2)3/h5-8,15,18H,4,9-14H2,1-3H3. The van der Waals surface area contributed by atoms with Gasteiger partial charge in [0.25, 0.3) is 0 Å². The van der Waals surface area contributed by atoms with Crippen LogP contribution in [0.2, 0.25) is 0 Å². The predicted molar refractivity (Wildman–Crippen MR) is 90.0 cm³/mol. The molecule has 3 nitrogen and oxygen atoms in total. The van der Waals surface area contributed by atoms with Crippen molar-refractivity contribution in [1.29, 1.82) is 0 Å². The van der Waals surface area contributed by atoms with Crippen LogP contribution >= 0.6 is 0 Å². The number of nitrogens with zero attached hydrogens (tertiary/aromatic N) is 1. The molecule has 1 amide bonds. The predicted octanol–water partition coefficient (Wildman–Crippen LogP) is 3.60. The zero-order chi connectivity index (χ0) is 15.9. The fraction of sp³-hybridized carbons (Fsp3) is 0.632. The first-order valence-electron chi connectivity index (χ1n) is 8.59. The molecule has 122 valence electrons. The molecule has 0 aliphatic carbocycles. The molecule has 0 atom stereocenters. The van der Waals surface area contributed by atoms with Gasteiger partial charge in [0.05, 0.1) is 12.2 Å². The molecule has 22 heavy (non-hydrogen) atoms. The molecule has 0 spiro atoms. The summed E-state index contributed by atoms with van der Waals surface area (Å²) in [6.07, 6.45) is 5.05. The molecule has 0 saturated carbocycles. The Balaban J connectivity index is 1.73. The van der Waals surface area contributed by atoms with Gasteiger partial charge in [0.1, 0.15) is 0 Å². The molecule has 0 bridgehead atoms. The van der Waals surface area contributed by atoms with E-state index in [1.54, 1.807) is 0 Å². The van der Waals surface area contributed by atoms with Gasteiger partial charge in [-0.3, -0.25) is 4.79 Å². The Morgan fingerprint density at radius 1 is 1.18 bits per heavy atom. The van der Waals surface area contributed by atoms with Gasteiger partial charge >= 0.3 is 0 Å². The van der Waals surface area contributed by atoms with Crippen molar-refractivity contribution >= 4 is 5.91 Å². The second-order valence-corrected chi connectivity index (χ2v) is 6.44. The minimum Gasteiger partial charge on any atom is -0.375 e. The zero-order valence-corrected chi connectivity index (χ0v) is 14.2. The lowest BCUT2D eigenvalue weighted by Crippen LogP contribution is -2.41. The fourth-order valence-electron chi connectivity index (χ4n) is 2.98. The third kappa shape index (κ3) is 5.13. The lowest BCUT2D eigenvalue weighted by Gasteiger charge is -2.33. The maximum Gasteiger partial charge on any atom is 0.222 e. The number of ether oxygens (including phenoxy) is 1. The van der Waals surface area contributed by atoms with E-state index in [4.69, 9.17) is 4.74 Å². The Morgan fingerprint density at radius 2 is 1.77 bits per heavy atom. The van der Waals surface area contributed by atoms with E-state index in [1.807, 2.05) is 4.90 Å². The number of rotatable bonds is 6. The second-order valence-electron chi connectivity index (χ2n) is 6.44. The summed E-state index contributed by atoms with van der Waals surface area (Å²) in [5, 5.41) is 0. The second kappa shape index (κ2) is 8.33. The Hall–Kier alpha value is -1.35. The van der Waals surface area contributed by atoms with Crippen LogP contribution in [0.15, 0.2) is 24.3 Å². The summed E-state index contributed by atoms with van der Waals surface area (Å²) >= 11 is 0. The quantitative estimate of drug-likeness (QED) is 0.803. The number of hydrogen-bond acceptors (Lipinski definition) is 2. The fourth-order valence-corrected chi connectivity index (χ4v) is 2.98. The molecule has 0 radical (unpaired) electrons. The van der Waals surface area contributed by atoms with Crippen LogP contribution in [-0.2, 0) is 22.4 Å². The maximum atomic E-state index is 12.3. The summed E-state index contributed by atoms with van der Waals surface area (Å²) in [4.78, 5) is 14.3. The van der Waals surface area contributed by atoms with E-state index in [-0.39, 0.29) is 12.0 Å². The van der Waals surface area contributed by atoms with E-state index < -0.39 is 0 Å². The molecule has 1 aromatic rings. The highest BCUT2D eigenvalue weighted by molar-refractivity contribution is 5.76. The monoisotopic (exact) mass is 303 g/mol. The molecule has 1 fully saturated rings. The van der Waals surface area contributed by atoms with Gasteiger partial charge in [-0.25, -0.2) is 0 Å². The van der Waals surface area contributed by atoms with Crippen molar-refractivity contribution in [3.8, 4) is 0 Å². The minimum atomic E-state index is 0.276. The van der Waals surface area contributed by atoms with Gasteiger partial charge in [0, 0.05) is 19.5 Å². The lowest BCUT2D eigenvalue weighted by atomic mass is 10.0. The number of carbonyl (C=O) groups is 1. The number of likely N-dealkylation sites (tertiary alicyclic amines) is 1. The van der Waals surface area contributed by atoms with Crippen LogP contribution in [0.25, 0.3) is 0 Å². The summed E-state index contributed by atoms with van der Waals surface area (Å²) < 4.78 is 5.83. The molecule has 1 saturated heterocycles. The molecule has 1 aromatic carbocycles. The largest absolute Gasteiger partial charge is 0.375 e. The van der Waals surface area contributed by atoms with Gasteiger partial charge in [-0.1, -0.05) is 31.2 Å². The van der Waals surface area contributed by atoms with E-state index >= 15 is 0 Å². The van der Waals surface area contributed by atoms with Crippen LogP contribution in [0.5, 0.6) is 0 Å². The van der Waals surface area contributed by atoms with E-state index in [9.17, 15) is 4.79 Å². The molecular formula is C19H29NO2. The van der Waals surface area contributed by atoms with Gasteiger partial charge in [0.15, 0.2) is 0 Å². The molecule has 0 unspecified atom stereocenters. The zero-order valence-electron chi connectivity index (χ0n) is 14.2. The number of hydrogen-bond donors (Lipinski definition) is 0. The molecule has 0 N–H and O–H groups in total. The summed E-state index contributed by atoms with van der Waals surface area (Å²) in [6.45, 7) is 7.98. The maximum absolute atomic E-state index is 12.3. The number of aryl methyl sites for hydroxylation is 2. The Kier molecular flexibility index (Phi) is 6.44. The van der Waals surface area contributed by atoms with Gasteiger partial charge in [-0.2, -0.15) is 0 Å². The Labute approximate surface area is 134 Å². The van der Waals surface area contributed by atoms with Crippen LogP contribution in [0.3, 0.4) is 0 Å². The van der Waals surface area contributed by atoms with Crippen LogP contribution in [-0.4, -0.2) is 36.1 Å². The third-order valence-electron chi connectivity index (χ3n) is 4.32. The Bertz CT molecular complexity index is 459. The third-order valence-corrected chi connectivity index (χ3v) is 4.32. The highest BCUT2D eigenvalue weighted by atomic mass is 16.5. The van der Waals surface area contributed by atoms with E-state index in [2.05, 4.69) is 45.0 Å². The van der Waals surface area contributed by atoms with Crippen molar-refractivity contribution in [2.24, 2.45) is 0 Å². The summed E-state index contributed by atoms with van der Waals surface area (Å²) in [5.74, 6) is 0.280. The van der Waals surface area contributed by atoms with Crippen molar-refractivity contribution in [2.45, 2.75) is 65.1 Å². The number of piperidine rings is 1. The molecule has 1 heterocycles. The first-order valence-corrected chi connectivity index (χ1v) is 8.59. The molecular weight excluding hydrogens is 274 g/mol. The van der Waals surface area contributed by atoms with E-state index in [0.717, 1.165) is 38.8 Å². The first-order chi connectivity index (χ1) is 10.6. The minimum absolute atomic E-state index is 0.276. The first kappa shape index (κ1) is 17.0. The number of benzene rings is 1. The van der Waals surface area contributed by atoms with Gasteiger partial charge in [-0.05, 0) is 50.7 Å². The van der Waals surface area contributed by atoms with Gasteiger partial charge in [0.2, 0.25) is 5.91 Å². The molecule has 1 aliphatic heterocycles. The van der Waals surface area contributed by atoms with Crippen molar-refractivity contribution in [2.75, 3.05) is 13.1 Å². The average Bonchev–Trinajstić information content (AvgIpc) is 2.53. The smallest absolute Gasteiger partial charge is 0.222 e. The van der Waals surface area contributed by atoms with Crippen molar-refractivity contribution < 1.29 is 9.53 Å². The highest BCUT2D eigenvalue weighted by Crippen LogP contribution is 2.17. The SMILES string of the molecule is CCc1ccc(CCC(=O)N2CCC(OC(C)C)CC2)cc1. The van der Waals surface area contributed by atoms with Crippen LogP contribution < -0.4 is 0 Å². The summed E-state index contributed by atoms with van der Waals surface area (Å²) in [7, 11) is 0. The van der Waals surface area contributed by atoms with Crippen molar-refractivity contribution in [3.05, 3.63) is 35.4 Å². The molecule has 3 heteroatoms. The van der Waals surface area contributed by atoms with E-state index in [1.165, 1.54) is 11.1 Å².